The van der Waals surface area contributed by atoms with E-state index in [1.54, 1.807) is 40.4 Å². The average Bonchev–Trinajstić information content (AvgIpc) is 3.12. The number of rotatable bonds is 3. The van der Waals surface area contributed by atoms with E-state index in [0.717, 1.165) is 5.69 Å². The first kappa shape index (κ1) is 17.3. The number of hydrogen-bond donors (Lipinski definition) is 0. The topological polar surface area (TPSA) is 66.2 Å². The molecule has 0 aliphatic rings. The van der Waals surface area contributed by atoms with E-state index in [4.69, 9.17) is 0 Å². The molecule has 0 atom stereocenters. The standard InChI is InChI=1S/C19H20FN5O2/c1-11(2)9-24-17(26)15-16(22(4)19(24)27)21-18-23(15)10-12(3)25(18)14-8-6-5-7-13(14)20/h5-8,10-11H,9H2,1-4H3. The number of nitrogens with zero attached hydrogens (tertiary/aromatic N) is 5. The van der Waals surface area contributed by atoms with Gasteiger partial charge in [0.05, 0.1) is 5.69 Å². The average molecular weight is 369 g/mol. The highest BCUT2D eigenvalue weighted by molar-refractivity contribution is 5.76. The van der Waals surface area contributed by atoms with Gasteiger partial charge in [0, 0.05) is 25.5 Å². The summed E-state index contributed by atoms with van der Waals surface area (Å²) in [6.07, 6.45) is 1.74. The molecule has 0 bridgehead atoms. The molecule has 4 aromatic rings. The van der Waals surface area contributed by atoms with Crippen LogP contribution in [0.5, 0.6) is 0 Å². The lowest BCUT2D eigenvalue weighted by atomic mass is 10.2. The van der Waals surface area contributed by atoms with E-state index in [1.165, 1.54) is 15.2 Å². The minimum absolute atomic E-state index is 0.140. The first-order valence-corrected chi connectivity index (χ1v) is 8.76. The zero-order valence-corrected chi connectivity index (χ0v) is 15.6. The molecule has 1 aromatic carbocycles. The Balaban J connectivity index is 2.15. The van der Waals surface area contributed by atoms with Crippen LogP contribution in [-0.2, 0) is 13.6 Å². The minimum Gasteiger partial charge on any atom is -0.280 e. The predicted molar refractivity (Wildman–Crippen MR) is 101 cm³/mol. The van der Waals surface area contributed by atoms with E-state index >= 15 is 0 Å². The first-order valence-electron chi connectivity index (χ1n) is 8.76. The van der Waals surface area contributed by atoms with Gasteiger partial charge in [0.2, 0.25) is 5.78 Å². The minimum atomic E-state index is -0.406. The quantitative estimate of drug-likeness (QED) is 0.556. The van der Waals surface area contributed by atoms with Gasteiger partial charge in [-0.15, -0.1) is 0 Å². The SMILES string of the molecule is Cc1cn2c3c(=O)n(CC(C)C)c(=O)n(C)c3nc2n1-c1ccccc1F. The van der Waals surface area contributed by atoms with Crippen LogP contribution in [0.3, 0.4) is 0 Å². The van der Waals surface area contributed by atoms with Gasteiger partial charge in [0.15, 0.2) is 11.2 Å². The molecule has 27 heavy (non-hydrogen) atoms. The van der Waals surface area contributed by atoms with Crippen molar-refractivity contribution in [3.8, 4) is 5.69 Å². The number of fused-ring (bicyclic) bond motifs is 3. The van der Waals surface area contributed by atoms with Crippen LogP contribution in [0.25, 0.3) is 22.6 Å². The largest absolute Gasteiger partial charge is 0.332 e. The lowest BCUT2D eigenvalue weighted by Gasteiger charge is -2.09. The van der Waals surface area contributed by atoms with Gasteiger partial charge in [-0.2, -0.15) is 4.98 Å². The summed E-state index contributed by atoms with van der Waals surface area (Å²) < 4.78 is 20.2. The summed E-state index contributed by atoms with van der Waals surface area (Å²) in [7, 11) is 1.59. The lowest BCUT2D eigenvalue weighted by Crippen LogP contribution is -2.40. The van der Waals surface area contributed by atoms with Gasteiger partial charge in [0.25, 0.3) is 5.56 Å². The van der Waals surface area contributed by atoms with Crippen molar-refractivity contribution in [2.24, 2.45) is 13.0 Å². The molecule has 0 aliphatic heterocycles. The molecular weight excluding hydrogens is 349 g/mol. The van der Waals surface area contributed by atoms with Gasteiger partial charge in [-0.3, -0.25) is 22.9 Å². The number of para-hydroxylation sites is 1. The summed E-state index contributed by atoms with van der Waals surface area (Å²) in [5.41, 5.74) is 0.869. The lowest BCUT2D eigenvalue weighted by molar-refractivity contribution is 0.484. The zero-order chi connectivity index (χ0) is 19.5. The summed E-state index contributed by atoms with van der Waals surface area (Å²) in [6, 6.07) is 6.38. The molecular formula is C19H20FN5O2. The highest BCUT2D eigenvalue weighted by Crippen LogP contribution is 2.22. The molecule has 0 spiro atoms. The molecule has 0 saturated heterocycles. The van der Waals surface area contributed by atoms with Crippen molar-refractivity contribution in [1.29, 1.82) is 0 Å². The maximum Gasteiger partial charge on any atom is 0.332 e. The Hall–Kier alpha value is -3.16. The van der Waals surface area contributed by atoms with Gasteiger partial charge in [-0.05, 0) is 25.0 Å². The molecule has 3 heterocycles. The predicted octanol–water partition coefficient (Wildman–Crippen LogP) is 2.24. The molecule has 4 rings (SSSR count). The van der Waals surface area contributed by atoms with Crippen LogP contribution in [0.4, 0.5) is 4.39 Å². The number of benzene rings is 1. The number of imidazole rings is 2. The first-order chi connectivity index (χ1) is 12.8. The van der Waals surface area contributed by atoms with Crippen LogP contribution in [0.15, 0.2) is 40.1 Å². The third-order valence-corrected chi connectivity index (χ3v) is 4.67. The molecule has 8 heteroatoms. The summed E-state index contributed by atoms with van der Waals surface area (Å²) in [6.45, 7) is 6.03. The maximum absolute atomic E-state index is 14.4. The molecule has 3 aromatic heterocycles. The van der Waals surface area contributed by atoms with E-state index in [9.17, 15) is 14.0 Å². The van der Waals surface area contributed by atoms with Gasteiger partial charge in [-0.25, -0.2) is 9.18 Å². The number of hydrogen-bond acceptors (Lipinski definition) is 3. The Morgan fingerprint density at radius 3 is 2.56 bits per heavy atom. The normalized spacial score (nSPS) is 11.9. The Labute approximate surface area is 153 Å². The van der Waals surface area contributed by atoms with Crippen LogP contribution in [-0.4, -0.2) is 23.1 Å². The van der Waals surface area contributed by atoms with Crippen LogP contribution in [0.1, 0.15) is 19.5 Å². The summed E-state index contributed by atoms with van der Waals surface area (Å²) >= 11 is 0. The van der Waals surface area contributed by atoms with Crippen molar-refractivity contribution in [2.75, 3.05) is 0 Å². The molecule has 0 fully saturated rings. The molecule has 7 nitrogen and oxygen atoms in total. The zero-order valence-electron chi connectivity index (χ0n) is 15.6. The van der Waals surface area contributed by atoms with Crippen molar-refractivity contribution >= 4 is 16.9 Å². The number of aromatic nitrogens is 5. The monoisotopic (exact) mass is 369 g/mol. The van der Waals surface area contributed by atoms with E-state index in [1.807, 2.05) is 20.8 Å². The molecule has 0 saturated carbocycles. The summed E-state index contributed by atoms with van der Waals surface area (Å²) in [4.78, 5) is 30.2. The van der Waals surface area contributed by atoms with Crippen LogP contribution in [0, 0.1) is 18.7 Å². The fourth-order valence-corrected chi connectivity index (χ4v) is 3.47. The third-order valence-electron chi connectivity index (χ3n) is 4.67. The van der Waals surface area contributed by atoms with Crippen LogP contribution in [0.2, 0.25) is 0 Å². The molecule has 0 radical (unpaired) electrons. The molecule has 0 unspecified atom stereocenters. The van der Waals surface area contributed by atoms with Crippen LogP contribution >= 0.6 is 0 Å². The Morgan fingerprint density at radius 1 is 1.19 bits per heavy atom. The highest BCUT2D eigenvalue weighted by atomic mass is 19.1. The molecule has 0 aliphatic carbocycles. The van der Waals surface area contributed by atoms with Crippen LogP contribution < -0.4 is 11.2 Å². The number of halogens is 1. The Morgan fingerprint density at radius 2 is 1.89 bits per heavy atom. The maximum atomic E-state index is 14.4. The highest BCUT2D eigenvalue weighted by Gasteiger charge is 2.21. The second-order valence-electron chi connectivity index (χ2n) is 7.16. The molecule has 0 N–H and O–H groups in total. The van der Waals surface area contributed by atoms with E-state index in [2.05, 4.69) is 4.98 Å². The Kier molecular flexibility index (Phi) is 3.80. The van der Waals surface area contributed by atoms with Crippen molar-refractivity contribution in [3.05, 3.63) is 62.8 Å². The number of aryl methyl sites for hydroxylation is 2. The van der Waals surface area contributed by atoms with Gasteiger partial charge in [0.1, 0.15) is 5.82 Å². The van der Waals surface area contributed by atoms with E-state index in [-0.39, 0.29) is 17.1 Å². The molecule has 0 amide bonds. The van der Waals surface area contributed by atoms with Crippen molar-refractivity contribution in [3.63, 3.8) is 0 Å². The fourth-order valence-electron chi connectivity index (χ4n) is 3.47. The second kappa shape index (κ2) is 5.94. The van der Waals surface area contributed by atoms with E-state index in [0.29, 0.717) is 23.5 Å². The third kappa shape index (κ3) is 2.43. The van der Waals surface area contributed by atoms with Gasteiger partial charge >= 0.3 is 5.69 Å². The van der Waals surface area contributed by atoms with E-state index < -0.39 is 11.5 Å². The Bertz CT molecular complexity index is 1310. The summed E-state index contributed by atoms with van der Waals surface area (Å²) in [5, 5.41) is 0. The van der Waals surface area contributed by atoms with Crippen molar-refractivity contribution in [1.82, 2.24) is 23.1 Å². The smallest absolute Gasteiger partial charge is 0.280 e. The molecule has 140 valence electrons. The van der Waals surface area contributed by atoms with Crippen molar-refractivity contribution < 1.29 is 4.39 Å². The van der Waals surface area contributed by atoms with Gasteiger partial charge in [-0.1, -0.05) is 26.0 Å². The van der Waals surface area contributed by atoms with Crippen molar-refractivity contribution in [2.45, 2.75) is 27.3 Å². The summed E-state index contributed by atoms with van der Waals surface area (Å²) in [5.74, 6) is 0.139. The van der Waals surface area contributed by atoms with Gasteiger partial charge < -0.3 is 0 Å². The second-order valence-corrected chi connectivity index (χ2v) is 7.16. The fraction of sp³-hybridized carbons (Fsp3) is 0.316.